The Morgan fingerprint density at radius 2 is 2.07 bits per heavy atom. The molecule has 5 nitrogen and oxygen atoms in total. The van der Waals surface area contributed by atoms with Gasteiger partial charge in [-0.25, -0.2) is 4.79 Å². The van der Waals surface area contributed by atoms with Gasteiger partial charge in [0, 0.05) is 5.57 Å². The number of carbonyl (C=O) groups excluding carboxylic acids is 1. The van der Waals surface area contributed by atoms with Crippen LogP contribution in [0.25, 0.3) is 0 Å². The fourth-order valence-corrected chi connectivity index (χ4v) is 0.608. The van der Waals surface area contributed by atoms with Crippen LogP contribution in [0.4, 0.5) is 0 Å². The summed E-state index contributed by atoms with van der Waals surface area (Å²) in [4.78, 5) is 21.2. The summed E-state index contributed by atoms with van der Waals surface area (Å²) in [7, 11) is 0. The van der Waals surface area contributed by atoms with E-state index in [1.165, 1.54) is 0 Å². The third kappa shape index (κ3) is 5.31. The molecule has 0 amide bonds. The van der Waals surface area contributed by atoms with Crippen LogP contribution in [0.2, 0.25) is 0 Å². The monoisotopic (exact) mass is 202 g/mol. The van der Waals surface area contributed by atoms with E-state index >= 15 is 0 Å². The van der Waals surface area contributed by atoms with Crippen molar-refractivity contribution in [3.63, 3.8) is 0 Å². The van der Waals surface area contributed by atoms with Crippen LogP contribution in [-0.2, 0) is 14.3 Å². The predicted molar refractivity (Wildman–Crippen MR) is 48.6 cm³/mol. The maximum absolute atomic E-state index is 10.9. The first-order valence-corrected chi connectivity index (χ1v) is 4.22. The van der Waals surface area contributed by atoms with Crippen LogP contribution in [0.3, 0.4) is 0 Å². The van der Waals surface area contributed by atoms with Crippen molar-refractivity contribution in [2.75, 3.05) is 6.61 Å². The molecule has 0 saturated heterocycles. The van der Waals surface area contributed by atoms with Gasteiger partial charge in [0.15, 0.2) is 0 Å². The first-order chi connectivity index (χ1) is 6.47. The van der Waals surface area contributed by atoms with Gasteiger partial charge in [0.25, 0.3) is 0 Å². The van der Waals surface area contributed by atoms with Gasteiger partial charge in [-0.05, 0) is 6.42 Å². The minimum absolute atomic E-state index is 0.109. The minimum Gasteiger partial charge on any atom is -0.478 e. The summed E-state index contributed by atoms with van der Waals surface area (Å²) in [5.41, 5.74) is -0.221. The van der Waals surface area contributed by atoms with Crippen molar-refractivity contribution in [1.29, 1.82) is 0 Å². The van der Waals surface area contributed by atoms with Crippen LogP contribution >= 0.6 is 0 Å². The van der Waals surface area contributed by atoms with Crippen LogP contribution in [0.1, 0.15) is 19.8 Å². The lowest BCUT2D eigenvalue weighted by molar-refractivity contribution is -0.147. The summed E-state index contributed by atoms with van der Waals surface area (Å²) in [5, 5.41) is 17.4. The zero-order valence-electron chi connectivity index (χ0n) is 8.02. The Bertz CT molecular complexity index is 233. The van der Waals surface area contributed by atoms with Gasteiger partial charge < -0.3 is 14.9 Å². The van der Waals surface area contributed by atoms with Crippen LogP contribution in [0, 0.1) is 0 Å². The standard InChI is InChI=1S/C9H14O5/c1-3-7(10)5-14-8(11)4-6(2)9(12)13/h7,10H,2-5H2,1H3,(H,12,13). The zero-order valence-corrected chi connectivity index (χ0v) is 8.02. The van der Waals surface area contributed by atoms with Gasteiger partial charge in [-0.2, -0.15) is 0 Å². The topological polar surface area (TPSA) is 83.8 Å². The number of esters is 1. The predicted octanol–water partition coefficient (Wildman–Crippen LogP) is 0.331. The number of rotatable bonds is 6. The van der Waals surface area contributed by atoms with Crippen LogP contribution in [-0.4, -0.2) is 34.9 Å². The Labute approximate surface area is 82.0 Å². The number of aliphatic hydroxyl groups is 1. The third-order valence-electron chi connectivity index (χ3n) is 1.57. The second kappa shape index (κ2) is 6.15. The second-order valence-electron chi connectivity index (χ2n) is 2.83. The number of carboxylic acids is 1. The first-order valence-electron chi connectivity index (χ1n) is 4.22. The van der Waals surface area contributed by atoms with Crippen molar-refractivity contribution in [3.05, 3.63) is 12.2 Å². The molecule has 0 saturated carbocycles. The van der Waals surface area contributed by atoms with Crippen molar-refractivity contribution in [2.45, 2.75) is 25.9 Å². The van der Waals surface area contributed by atoms with Crippen molar-refractivity contribution in [1.82, 2.24) is 0 Å². The number of aliphatic hydroxyl groups excluding tert-OH is 1. The zero-order chi connectivity index (χ0) is 11.1. The fourth-order valence-electron chi connectivity index (χ4n) is 0.608. The highest BCUT2D eigenvalue weighted by molar-refractivity contribution is 5.91. The molecule has 0 aromatic rings. The smallest absolute Gasteiger partial charge is 0.331 e. The molecule has 1 unspecified atom stereocenters. The maximum atomic E-state index is 10.9. The van der Waals surface area contributed by atoms with Crippen LogP contribution < -0.4 is 0 Å². The maximum Gasteiger partial charge on any atom is 0.331 e. The highest BCUT2D eigenvalue weighted by atomic mass is 16.5. The summed E-state index contributed by atoms with van der Waals surface area (Å²) < 4.78 is 4.60. The largest absolute Gasteiger partial charge is 0.478 e. The summed E-state index contributed by atoms with van der Waals surface area (Å²) in [6, 6.07) is 0. The highest BCUT2D eigenvalue weighted by Gasteiger charge is 2.12. The quantitative estimate of drug-likeness (QED) is 0.479. The molecule has 0 aliphatic carbocycles. The Kier molecular flexibility index (Phi) is 5.55. The number of carbonyl (C=O) groups is 2. The average molecular weight is 202 g/mol. The summed E-state index contributed by atoms with van der Waals surface area (Å²) >= 11 is 0. The molecule has 1 atom stereocenters. The van der Waals surface area contributed by atoms with Gasteiger partial charge in [0.05, 0.1) is 12.5 Å². The van der Waals surface area contributed by atoms with Crippen molar-refractivity contribution in [2.24, 2.45) is 0 Å². The number of carboxylic acid groups (broad SMARTS) is 1. The molecule has 0 aromatic heterocycles. The molecule has 0 aliphatic heterocycles. The molecule has 2 N–H and O–H groups in total. The van der Waals surface area contributed by atoms with Crippen LogP contribution in [0.5, 0.6) is 0 Å². The van der Waals surface area contributed by atoms with Crippen molar-refractivity contribution in [3.8, 4) is 0 Å². The fraction of sp³-hybridized carbons (Fsp3) is 0.556. The van der Waals surface area contributed by atoms with E-state index < -0.39 is 18.0 Å². The molecular formula is C9H14O5. The van der Waals surface area contributed by atoms with Gasteiger partial charge in [0.2, 0.25) is 0 Å². The lowest BCUT2D eigenvalue weighted by Gasteiger charge is -2.08. The van der Waals surface area contributed by atoms with E-state index in [0.717, 1.165) is 0 Å². The van der Waals surface area contributed by atoms with Crippen molar-refractivity contribution < 1.29 is 24.5 Å². The van der Waals surface area contributed by atoms with Gasteiger partial charge in [-0.15, -0.1) is 0 Å². The van der Waals surface area contributed by atoms with E-state index in [2.05, 4.69) is 11.3 Å². The molecule has 14 heavy (non-hydrogen) atoms. The first kappa shape index (κ1) is 12.6. The molecule has 0 heterocycles. The summed E-state index contributed by atoms with van der Waals surface area (Å²) in [6.07, 6.45) is -0.573. The van der Waals surface area contributed by atoms with E-state index in [-0.39, 0.29) is 18.6 Å². The summed E-state index contributed by atoms with van der Waals surface area (Å²) in [6.45, 7) is 4.81. The summed E-state index contributed by atoms with van der Waals surface area (Å²) in [5.74, 6) is -1.91. The molecule has 80 valence electrons. The Morgan fingerprint density at radius 3 is 2.50 bits per heavy atom. The normalized spacial score (nSPS) is 11.9. The third-order valence-corrected chi connectivity index (χ3v) is 1.57. The van der Waals surface area contributed by atoms with Gasteiger partial charge >= 0.3 is 11.9 Å². The average Bonchev–Trinajstić information content (AvgIpc) is 2.13. The van der Waals surface area contributed by atoms with Gasteiger partial charge in [-0.1, -0.05) is 13.5 Å². The number of hydrogen-bond acceptors (Lipinski definition) is 4. The lowest BCUT2D eigenvalue weighted by Crippen LogP contribution is -2.18. The van der Waals surface area contributed by atoms with Crippen LogP contribution in [0.15, 0.2) is 12.2 Å². The van der Waals surface area contributed by atoms with Gasteiger partial charge in [0.1, 0.15) is 6.61 Å². The van der Waals surface area contributed by atoms with Gasteiger partial charge in [-0.3, -0.25) is 4.79 Å². The van der Waals surface area contributed by atoms with E-state index in [9.17, 15) is 9.59 Å². The van der Waals surface area contributed by atoms with E-state index in [1.807, 2.05) is 0 Å². The Hall–Kier alpha value is -1.36. The SMILES string of the molecule is C=C(CC(=O)OCC(O)CC)C(=O)O. The molecule has 0 bridgehead atoms. The number of aliphatic carboxylic acids is 1. The minimum atomic E-state index is -1.22. The molecule has 0 rings (SSSR count). The molecule has 0 aliphatic rings. The lowest BCUT2D eigenvalue weighted by atomic mass is 10.2. The molecule has 0 fully saturated rings. The number of ether oxygens (including phenoxy) is 1. The molecule has 0 spiro atoms. The van der Waals surface area contributed by atoms with E-state index in [4.69, 9.17) is 10.2 Å². The highest BCUT2D eigenvalue weighted by Crippen LogP contribution is 2.01. The van der Waals surface area contributed by atoms with E-state index in [0.29, 0.717) is 6.42 Å². The van der Waals surface area contributed by atoms with E-state index in [1.54, 1.807) is 6.92 Å². The second-order valence-corrected chi connectivity index (χ2v) is 2.83. The van der Waals surface area contributed by atoms with Crippen molar-refractivity contribution >= 4 is 11.9 Å². The molecule has 0 radical (unpaired) electrons. The Balaban J connectivity index is 3.77. The molecule has 0 aromatic carbocycles. The molecule has 5 heteroatoms. The number of hydrogen-bond donors (Lipinski definition) is 2. The molecular weight excluding hydrogens is 188 g/mol. The Morgan fingerprint density at radius 1 is 1.50 bits per heavy atom.